The Morgan fingerprint density at radius 1 is 1.04 bits per heavy atom. The highest BCUT2D eigenvalue weighted by atomic mass is 35.5. The van der Waals surface area contributed by atoms with Gasteiger partial charge in [0.2, 0.25) is 0 Å². The van der Waals surface area contributed by atoms with Gasteiger partial charge in [0.25, 0.3) is 11.8 Å². The number of amides is 2. The van der Waals surface area contributed by atoms with Gasteiger partial charge in [-0.3, -0.25) is 20.4 Å². The second-order valence-corrected chi connectivity index (χ2v) is 5.23. The Morgan fingerprint density at radius 3 is 2.46 bits per heavy atom. The zero-order chi connectivity index (χ0) is 17.4. The molecule has 0 saturated heterocycles. The van der Waals surface area contributed by atoms with E-state index >= 15 is 0 Å². The average Bonchev–Trinajstić information content (AvgIpc) is 2.60. The van der Waals surface area contributed by atoms with Gasteiger partial charge in [-0.05, 0) is 43.3 Å². The maximum atomic E-state index is 11.9. The molecule has 0 aliphatic rings. The number of nitrogens with one attached hydrogen (secondary N) is 3. The molecule has 0 saturated carbocycles. The molecule has 0 heterocycles. The molecule has 2 aromatic carbocycles. The van der Waals surface area contributed by atoms with Gasteiger partial charge in [0.15, 0.2) is 0 Å². The topological polar surface area (TPSA) is 79.5 Å². The van der Waals surface area contributed by atoms with Crippen LogP contribution in [0.3, 0.4) is 0 Å². The highest BCUT2D eigenvalue weighted by molar-refractivity contribution is 6.30. The molecule has 0 radical (unpaired) electrons. The van der Waals surface area contributed by atoms with Crippen LogP contribution in [0.25, 0.3) is 0 Å². The summed E-state index contributed by atoms with van der Waals surface area (Å²) >= 11 is 5.76. The van der Waals surface area contributed by atoms with Crippen molar-refractivity contribution in [1.82, 2.24) is 10.9 Å². The van der Waals surface area contributed by atoms with Crippen LogP contribution >= 0.6 is 11.6 Å². The van der Waals surface area contributed by atoms with E-state index in [1.54, 1.807) is 24.3 Å². The number of carbonyl (C=O) groups is 2. The SMILES string of the molecule is CCOc1ccccc1NCC(=O)NNC(=O)c1ccc(Cl)cc1. The number of rotatable bonds is 6. The van der Waals surface area contributed by atoms with Crippen LogP contribution in [0.2, 0.25) is 5.02 Å². The van der Waals surface area contributed by atoms with Gasteiger partial charge in [0.05, 0.1) is 18.8 Å². The van der Waals surface area contributed by atoms with E-state index in [0.29, 0.717) is 28.6 Å². The lowest BCUT2D eigenvalue weighted by molar-refractivity contribution is -0.120. The lowest BCUT2D eigenvalue weighted by Gasteiger charge is -2.12. The third kappa shape index (κ3) is 5.17. The first kappa shape index (κ1) is 17.6. The van der Waals surface area contributed by atoms with Crippen LogP contribution in [0.4, 0.5) is 5.69 Å². The molecule has 24 heavy (non-hydrogen) atoms. The fourth-order valence-electron chi connectivity index (χ4n) is 1.91. The van der Waals surface area contributed by atoms with Crippen molar-refractivity contribution >= 4 is 29.1 Å². The summed E-state index contributed by atoms with van der Waals surface area (Å²) in [6.07, 6.45) is 0. The van der Waals surface area contributed by atoms with E-state index in [1.165, 1.54) is 0 Å². The summed E-state index contributed by atoms with van der Waals surface area (Å²) in [6, 6.07) is 13.7. The monoisotopic (exact) mass is 347 g/mol. The summed E-state index contributed by atoms with van der Waals surface area (Å²) < 4.78 is 5.46. The van der Waals surface area contributed by atoms with Crippen LogP contribution < -0.4 is 20.9 Å². The van der Waals surface area contributed by atoms with Crippen molar-refractivity contribution in [3.63, 3.8) is 0 Å². The molecular formula is C17H18ClN3O3. The molecule has 0 spiro atoms. The molecule has 0 aliphatic heterocycles. The minimum Gasteiger partial charge on any atom is -0.492 e. The number of halogens is 1. The molecule has 6 nitrogen and oxygen atoms in total. The predicted molar refractivity (Wildman–Crippen MR) is 93.2 cm³/mol. The van der Waals surface area contributed by atoms with E-state index in [-0.39, 0.29) is 12.5 Å². The second-order valence-electron chi connectivity index (χ2n) is 4.79. The molecule has 0 fully saturated rings. The summed E-state index contributed by atoms with van der Waals surface area (Å²) in [5, 5.41) is 3.50. The highest BCUT2D eigenvalue weighted by Gasteiger charge is 2.08. The fraction of sp³-hybridized carbons (Fsp3) is 0.176. The maximum Gasteiger partial charge on any atom is 0.269 e. The van der Waals surface area contributed by atoms with Crippen LogP contribution in [0.5, 0.6) is 5.75 Å². The molecule has 3 N–H and O–H groups in total. The number of hydrazine groups is 1. The van der Waals surface area contributed by atoms with Gasteiger partial charge < -0.3 is 10.1 Å². The van der Waals surface area contributed by atoms with Crippen molar-refractivity contribution in [2.45, 2.75) is 6.92 Å². The van der Waals surface area contributed by atoms with Gasteiger partial charge in [0, 0.05) is 10.6 Å². The zero-order valence-electron chi connectivity index (χ0n) is 13.1. The van der Waals surface area contributed by atoms with E-state index in [9.17, 15) is 9.59 Å². The molecular weight excluding hydrogens is 330 g/mol. The minimum absolute atomic E-state index is 0.00894. The molecule has 126 valence electrons. The number of ether oxygens (including phenoxy) is 1. The first-order chi connectivity index (χ1) is 11.6. The molecule has 0 aliphatic carbocycles. The first-order valence-corrected chi connectivity index (χ1v) is 7.78. The minimum atomic E-state index is -0.422. The summed E-state index contributed by atoms with van der Waals surface area (Å²) in [5.41, 5.74) is 5.79. The standard InChI is InChI=1S/C17H18ClN3O3/c1-2-24-15-6-4-3-5-14(15)19-11-16(22)20-21-17(23)12-7-9-13(18)10-8-12/h3-10,19H,2,11H2,1H3,(H,20,22)(H,21,23). The molecule has 2 rings (SSSR count). The quantitative estimate of drug-likeness (QED) is 0.702. The first-order valence-electron chi connectivity index (χ1n) is 7.40. The van der Waals surface area contributed by atoms with Crippen molar-refractivity contribution in [3.8, 4) is 5.75 Å². The fourth-order valence-corrected chi connectivity index (χ4v) is 2.04. The summed E-state index contributed by atoms with van der Waals surface area (Å²) in [4.78, 5) is 23.7. The summed E-state index contributed by atoms with van der Waals surface area (Å²) in [7, 11) is 0. The Morgan fingerprint density at radius 2 is 1.75 bits per heavy atom. The van der Waals surface area contributed by atoms with Crippen LogP contribution in [-0.2, 0) is 4.79 Å². The van der Waals surface area contributed by atoms with Crippen molar-refractivity contribution in [2.24, 2.45) is 0 Å². The number of benzene rings is 2. The van der Waals surface area contributed by atoms with Gasteiger partial charge in [0.1, 0.15) is 5.75 Å². The second kappa shape index (κ2) is 8.79. The third-order valence-electron chi connectivity index (χ3n) is 3.05. The number of hydrogen-bond donors (Lipinski definition) is 3. The van der Waals surface area contributed by atoms with E-state index in [2.05, 4.69) is 16.2 Å². The summed E-state index contributed by atoms with van der Waals surface area (Å²) in [5.74, 6) is -0.142. The average molecular weight is 348 g/mol. The summed E-state index contributed by atoms with van der Waals surface area (Å²) in [6.45, 7) is 2.41. The molecule has 2 amide bonds. The third-order valence-corrected chi connectivity index (χ3v) is 3.30. The Balaban J connectivity index is 1.81. The number of anilines is 1. The maximum absolute atomic E-state index is 11.9. The molecule has 0 atom stereocenters. The van der Waals surface area contributed by atoms with Crippen LogP contribution in [0, 0.1) is 0 Å². The van der Waals surface area contributed by atoms with E-state index < -0.39 is 5.91 Å². The van der Waals surface area contributed by atoms with Crippen LogP contribution in [-0.4, -0.2) is 25.0 Å². The van der Waals surface area contributed by atoms with Crippen LogP contribution in [0.1, 0.15) is 17.3 Å². The Bertz CT molecular complexity index is 704. The molecule has 0 bridgehead atoms. The predicted octanol–water partition coefficient (Wildman–Crippen LogP) is 2.61. The van der Waals surface area contributed by atoms with E-state index in [4.69, 9.17) is 16.3 Å². The van der Waals surface area contributed by atoms with Gasteiger partial charge in [-0.25, -0.2) is 0 Å². The number of hydrogen-bond acceptors (Lipinski definition) is 4. The van der Waals surface area contributed by atoms with Gasteiger partial charge in [-0.2, -0.15) is 0 Å². The Labute approximate surface area is 145 Å². The zero-order valence-corrected chi connectivity index (χ0v) is 13.9. The smallest absolute Gasteiger partial charge is 0.269 e. The van der Waals surface area contributed by atoms with E-state index in [1.807, 2.05) is 31.2 Å². The lowest BCUT2D eigenvalue weighted by Crippen LogP contribution is -2.44. The van der Waals surface area contributed by atoms with Crippen molar-refractivity contribution in [2.75, 3.05) is 18.5 Å². The molecule has 0 unspecified atom stereocenters. The molecule has 2 aromatic rings. The van der Waals surface area contributed by atoms with Crippen molar-refractivity contribution in [1.29, 1.82) is 0 Å². The largest absolute Gasteiger partial charge is 0.492 e. The highest BCUT2D eigenvalue weighted by Crippen LogP contribution is 2.23. The van der Waals surface area contributed by atoms with Crippen molar-refractivity contribution < 1.29 is 14.3 Å². The number of carbonyl (C=O) groups excluding carboxylic acids is 2. The lowest BCUT2D eigenvalue weighted by atomic mass is 10.2. The van der Waals surface area contributed by atoms with Crippen molar-refractivity contribution in [3.05, 3.63) is 59.1 Å². The van der Waals surface area contributed by atoms with Gasteiger partial charge in [-0.1, -0.05) is 23.7 Å². The van der Waals surface area contributed by atoms with Gasteiger partial charge in [-0.15, -0.1) is 0 Å². The molecule has 0 aromatic heterocycles. The Kier molecular flexibility index (Phi) is 6.45. The normalized spacial score (nSPS) is 9.92. The molecule has 7 heteroatoms. The number of para-hydroxylation sites is 2. The van der Waals surface area contributed by atoms with Gasteiger partial charge >= 0.3 is 0 Å². The van der Waals surface area contributed by atoms with E-state index in [0.717, 1.165) is 0 Å². The Hall–Kier alpha value is -2.73. The van der Waals surface area contributed by atoms with Crippen LogP contribution in [0.15, 0.2) is 48.5 Å².